The number of aliphatic hydroxyl groups excluding tert-OH is 1. The number of aliphatic hydroxyl groups is 1. The molecule has 0 radical (unpaired) electrons. The van der Waals surface area contributed by atoms with Crippen LogP contribution in [0.1, 0.15) is 28.7 Å². The van der Waals surface area contributed by atoms with E-state index in [1.54, 1.807) is 16.8 Å². The second kappa shape index (κ2) is 4.97. The van der Waals surface area contributed by atoms with Crippen LogP contribution in [0.2, 0.25) is 0 Å². The topological polar surface area (TPSA) is 88.2 Å². The van der Waals surface area contributed by atoms with E-state index in [2.05, 4.69) is 10.3 Å². The van der Waals surface area contributed by atoms with Crippen molar-refractivity contribution in [3.63, 3.8) is 0 Å². The fourth-order valence-electron chi connectivity index (χ4n) is 1.79. The van der Waals surface area contributed by atoms with Crippen LogP contribution in [-0.2, 0) is 13.0 Å². The molecule has 94 valence electrons. The van der Waals surface area contributed by atoms with Gasteiger partial charge in [-0.2, -0.15) is 0 Å². The van der Waals surface area contributed by atoms with Crippen molar-refractivity contribution in [1.82, 2.24) is 15.0 Å². The molecule has 0 amide bonds. The molecule has 0 atom stereocenters. The Bertz CT molecular complexity index is 578. The summed E-state index contributed by atoms with van der Waals surface area (Å²) >= 11 is 0. The number of nitrogens with zero attached hydrogens (tertiary/aromatic N) is 3. The highest BCUT2D eigenvalue weighted by molar-refractivity contribution is 5.88. The quantitative estimate of drug-likeness (QED) is 0.842. The molecule has 0 aliphatic heterocycles. The van der Waals surface area contributed by atoms with Gasteiger partial charge >= 0.3 is 5.97 Å². The van der Waals surface area contributed by atoms with Crippen molar-refractivity contribution in [2.45, 2.75) is 20.0 Å². The summed E-state index contributed by atoms with van der Waals surface area (Å²) in [6.45, 7) is 1.75. The fourth-order valence-corrected chi connectivity index (χ4v) is 1.79. The standard InChI is InChI=1S/C12H13N3O3/c1-2-11-10(7-16)13-14-15(11)9-5-3-4-8(6-9)12(17)18/h3-6,16H,2,7H2,1H3,(H,17,18). The third-order valence-electron chi connectivity index (χ3n) is 2.67. The molecule has 0 aliphatic carbocycles. The molecule has 0 bridgehead atoms. The number of carbonyl (C=O) groups is 1. The molecule has 6 nitrogen and oxygen atoms in total. The summed E-state index contributed by atoms with van der Waals surface area (Å²) in [6, 6.07) is 6.44. The summed E-state index contributed by atoms with van der Waals surface area (Å²) in [6.07, 6.45) is 0.653. The van der Waals surface area contributed by atoms with Crippen LogP contribution < -0.4 is 0 Å². The first-order valence-corrected chi connectivity index (χ1v) is 5.55. The minimum absolute atomic E-state index is 0.179. The van der Waals surface area contributed by atoms with E-state index in [-0.39, 0.29) is 12.2 Å². The van der Waals surface area contributed by atoms with E-state index in [4.69, 9.17) is 10.2 Å². The van der Waals surface area contributed by atoms with Gasteiger partial charge < -0.3 is 10.2 Å². The Morgan fingerprint density at radius 3 is 2.83 bits per heavy atom. The van der Waals surface area contributed by atoms with Gasteiger partial charge in [0.2, 0.25) is 0 Å². The third kappa shape index (κ3) is 2.10. The molecule has 1 heterocycles. The van der Waals surface area contributed by atoms with E-state index < -0.39 is 5.97 Å². The molecule has 0 fully saturated rings. The van der Waals surface area contributed by atoms with Gasteiger partial charge in [-0.3, -0.25) is 0 Å². The van der Waals surface area contributed by atoms with Crippen LogP contribution in [0, 0.1) is 0 Å². The molecule has 2 rings (SSSR count). The highest BCUT2D eigenvalue weighted by Crippen LogP contribution is 2.15. The van der Waals surface area contributed by atoms with Gasteiger partial charge in [0.05, 0.1) is 23.6 Å². The molecule has 0 aliphatic rings. The lowest BCUT2D eigenvalue weighted by Gasteiger charge is -2.06. The molecule has 2 aromatic rings. The number of hydrogen-bond donors (Lipinski definition) is 2. The molecule has 18 heavy (non-hydrogen) atoms. The Balaban J connectivity index is 2.51. The molecule has 0 spiro atoms. The summed E-state index contributed by atoms with van der Waals surface area (Å²) in [7, 11) is 0. The number of aromatic nitrogens is 3. The highest BCUT2D eigenvalue weighted by Gasteiger charge is 2.12. The Morgan fingerprint density at radius 2 is 2.22 bits per heavy atom. The van der Waals surface area contributed by atoms with Crippen molar-refractivity contribution in [2.24, 2.45) is 0 Å². The zero-order valence-electron chi connectivity index (χ0n) is 9.87. The first kappa shape index (κ1) is 12.3. The van der Waals surface area contributed by atoms with Gasteiger partial charge in [0.25, 0.3) is 0 Å². The second-order valence-corrected chi connectivity index (χ2v) is 3.76. The Labute approximate surface area is 103 Å². The largest absolute Gasteiger partial charge is 0.478 e. The Morgan fingerprint density at radius 1 is 1.44 bits per heavy atom. The van der Waals surface area contributed by atoms with E-state index in [9.17, 15) is 4.79 Å². The smallest absolute Gasteiger partial charge is 0.335 e. The van der Waals surface area contributed by atoms with Gasteiger partial charge in [0.15, 0.2) is 0 Å². The van der Waals surface area contributed by atoms with Crippen LogP contribution in [0.5, 0.6) is 0 Å². The van der Waals surface area contributed by atoms with Crippen molar-refractivity contribution >= 4 is 5.97 Å². The van der Waals surface area contributed by atoms with Crippen molar-refractivity contribution in [3.8, 4) is 5.69 Å². The summed E-state index contributed by atoms with van der Waals surface area (Å²) in [5.74, 6) is -0.989. The molecular weight excluding hydrogens is 234 g/mol. The number of hydrogen-bond acceptors (Lipinski definition) is 4. The van der Waals surface area contributed by atoms with Crippen LogP contribution >= 0.6 is 0 Å². The molecule has 2 N–H and O–H groups in total. The lowest BCUT2D eigenvalue weighted by atomic mass is 10.2. The zero-order chi connectivity index (χ0) is 13.1. The van der Waals surface area contributed by atoms with Gasteiger partial charge in [0.1, 0.15) is 5.69 Å². The van der Waals surface area contributed by atoms with E-state index in [1.165, 1.54) is 12.1 Å². The Hall–Kier alpha value is -2.21. The van der Waals surface area contributed by atoms with Gasteiger partial charge in [-0.05, 0) is 24.6 Å². The zero-order valence-corrected chi connectivity index (χ0v) is 9.87. The summed E-state index contributed by atoms with van der Waals surface area (Å²) in [4.78, 5) is 10.9. The van der Waals surface area contributed by atoms with E-state index in [0.717, 1.165) is 5.69 Å². The predicted molar refractivity (Wildman–Crippen MR) is 63.6 cm³/mol. The average Bonchev–Trinajstić information content (AvgIpc) is 2.81. The fraction of sp³-hybridized carbons (Fsp3) is 0.250. The molecular formula is C12H13N3O3. The number of benzene rings is 1. The van der Waals surface area contributed by atoms with Crippen LogP contribution in [-0.4, -0.2) is 31.2 Å². The lowest BCUT2D eigenvalue weighted by molar-refractivity contribution is 0.0697. The lowest BCUT2D eigenvalue weighted by Crippen LogP contribution is -2.05. The minimum Gasteiger partial charge on any atom is -0.478 e. The van der Waals surface area contributed by atoms with Crippen molar-refractivity contribution < 1.29 is 15.0 Å². The van der Waals surface area contributed by atoms with Crippen molar-refractivity contribution in [1.29, 1.82) is 0 Å². The normalized spacial score (nSPS) is 10.6. The molecule has 0 saturated heterocycles. The van der Waals surface area contributed by atoms with Crippen molar-refractivity contribution in [2.75, 3.05) is 0 Å². The second-order valence-electron chi connectivity index (χ2n) is 3.76. The predicted octanol–water partition coefficient (Wildman–Crippen LogP) is 1.02. The maximum Gasteiger partial charge on any atom is 0.335 e. The van der Waals surface area contributed by atoms with Crippen LogP contribution in [0.3, 0.4) is 0 Å². The minimum atomic E-state index is -0.989. The van der Waals surface area contributed by atoms with E-state index in [0.29, 0.717) is 17.8 Å². The average molecular weight is 247 g/mol. The van der Waals surface area contributed by atoms with Gasteiger partial charge in [0, 0.05) is 0 Å². The van der Waals surface area contributed by atoms with Gasteiger partial charge in [-0.25, -0.2) is 9.48 Å². The first-order valence-electron chi connectivity index (χ1n) is 5.55. The van der Waals surface area contributed by atoms with E-state index in [1.807, 2.05) is 6.92 Å². The Kier molecular flexibility index (Phi) is 3.38. The van der Waals surface area contributed by atoms with Crippen LogP contribution in [0.4, 0.5) is 0 Å². The SMILES string of the molecule is CCc1c(CO)nnn1-c1cccc(C(=O)O)c1. The molecule has 0 unspecified atom stereocenters. The van der Waals surface area contributed by atoms with Gasteiger partial charge in [-0.15, -0.1) is 5.10 Å². The first-order chi connectivity index (χ1) is 8.67. The van der Waals surface area contributed by atoms with Gasteiger partial charge in [-0.1, -0.05) is 18.2 Å². The van der Waals surface area contributed by atoms with Crippen LogP contribution in [0.15, 0.2) is 24.3 Å². The maximum absolute atomic E-state index is 10.9. The monoisotopic (exact) mass is 247 g/mol. The summed E-state index contributed by atoms with van der Waals surface area (Å²) in [5.41, 5.74) is 2.10. The van der Waals surface area contributed by atoms with Crippen LogP contribution in [0.25, 0.3) is 5.69 Å². The molecule has 1 aromatic carbocycles. The molecule has 0 saturated carbocycles. The number of carboxylic acids is 1. The number of aromatic carboxylic acids is 1. The highest BCUT2D eigenvalue weighted by atomic mass is 16.4. The molecule has 1 aromatic heterocycles. The third-order valence-corrected chi connectivity index (χ3v) is 2.67. The molecule has 6 heteroatoms. The summed E-state index contributed by atoms with van der Waals surface area (Å²) in [5, 5.41) is 25.9. The number of carboxylic acid groups (broad SMARTS) is 1. The number of rotatable bonds is 4. The van der Waals surface area contributed by atoms with Crippen molar-refractivity contribution in [3.05, 3.63) is 41.2 Å². The maximum atomic E-state index is 10.9. The van der Waals surface area contributed by atoms with E-state index >= 15 is 0 Å². The summed E-state index contributed by atoms with van der Waals surface area (Å²) < 4.78 is 1.55.